The molecule has 0 unspecified atom stereocenters. The quantitative estimate of drug-likeness (QED) is 0.564. The van der Waals surface area contributed by atoms with Crippen LogP contribution >= 0.6 is 0 Å². The molecule has 31 heavy (non-hydrogen) atoms. The molecule has 0 bridgehead atoms. The van der Waals surface area contributed by atoms with Crippen LogP contribution in [0.1, 0.15) is 41.6 Å². The minimum absolute atomic E-state index is 0.114. The highest BCUT2D eigenvalue weighted by molar-refractivity contribution is 6.11. The van der Waals surface area contributed by atoms with Gasteiger partial charge in [0.15, 0.2) is 5.78 Å². The van der Waals surface area contributed by atoms with Crippen LogP contribution in [-0.4, -0.2) is 45.7 Å². The van der Waals surface area contributed by atoms with Crippen molar-refractivity contribution in [2.45, 2.75) is 43.8 Å². The average molecular weight is 428 g/mol. The number of nitrogens with one attached hydrogen (secondary N) is 1. The van der Waals surface area contributed by atoms with Gasteiger partial charge in [-0.3, -0.25) is 14.5 Å². The first-order valence-electron chi connectivity index (χ1n) is 10.1. The molecule has 2 aliphatic rings. The van der Waals surface area contributed by atoms with E-state index in [9.17, 15) is 28.3 Å². The van der Waals surface area contributed by atoms with Crippen LogP contribution in [-0.2, 0) is 11.4 Å². The Morgan fingerprint density at radius 3 is 2.29 bits per heavy atom. The maximum absolute atomic E-state index is 13.5. The predicted molar refractivity (Wildman–Crippen MR) is 109 cm³/mol. The molecule has 1 saturated carbocycles. The molecule has 2 fully saturated rings. The molecule has 1 heterocycles. The lowest BCUT2D eigenvalue weighted by molar-refractivity contribution is -0.135. The second kappa shape index (κ2) is 7.85. The van der Waals surface area contributed by atoms with E-state index in [1.807, 2.05) is 24.3 Å². The van der Waals surface area contributed by atoms with Crippen LogP contribution in [0.3, 0.4) is 0 Å². The van der Waals surface area contributed by atoms with Gasteiger partial charge in [-0.1, -0.05) is 48.5 Å². The molecule has 162 valence electrons. The van der Waals surface area contributed by atoms with E-state index in [1.54, 1.807) is 24.3 Å². The number of urea groups is 1. The number of rotatable bonds is 5. The SMILES string of the molecule is O=C(CN1C(=O)NC2(CCC(F)(F)CC2)C1=O)c1ccc(-c2ccccc2CO)cc1. The third-order valence-corrected chi connectivity index (χ3v) is 6.09. The third-order valence-electron chi connectivity index (χ3n) is 6.09. The number of aliphatic hydroxyl groups excluding tert-OH is 1. The van der Waals surface area contributed by atoms with Crippen molar-refractivity contribution in [3.63, 3.8) is 0 Å². The number of hydrogen-bond acceptors (Lipinski definition) is 4. The van der Waals surface area contributed by atoms with Gasteiger partial charge >= 0.3 is 6.03 Å². The summed E-state index contributed by atoms with van der Waals surface area (Å²) in [5.41, 5.74) is 1.40. The van der Waals surface area contributed by atoms with Crippen LogP contribution < -0.4 is 5.32 Å². The van der Waals surface area contributed by atoms with Crippen LogP contribution in [0.5, 0.6) is 0 Å². The number of amides is 3. The fourth-order valence-corrected chi connectivity index (χ4v) is 4.21. The summed E-state index contributed by atoms with van der Waals surface area (Å²) in [6, 6.07) is 13.3. The van der Waals surface area contributed by atoms with E-state index >= 15 is 0 Å². The molecule has 3 amide bonds. The summed E-state index contributed by atoms with van der Waals surface area (Å²) in [7, 11) is 0. The molecule has 2 N–H and O–H groups in total. The van der Waals surface area contributed by atoms with Gasteiger partial charge in [-0.05, 0) is 29.5 Å². The van der Waals surface area contributed by atoms with E-state index in [2.05, 4.69) is 5.32 Å². The van der Waals surface area contributed by atoms with Gasteiger partial charge < -0.3 is 10.4 Å². The molecule has 0 aromatic heterocycles. The Balaban J connectivity index is 1.47. The summed E-state index contributed by atoms with van der Waals surface area (Å²) in [6.07, 6.45) is -1.24. The number of carbonyl (C=O) groups is 3. The van der Waals surface area contributed by atoms with Gasteiger partial charge in [0.25, 0.3) is 5.91 Å². The van der Waals surface area contributed by atoms with E-state index < -0.39 is 48.6 Å². The molecular weight excluding hydrogens is 406 g/mol. The molecular formula is C23H22F2N2O4. The van der Waals surface area contributed by atoms with Gasteiger partial charge in [0.05, 0.1) is 13.2 Å². The Kier molecular flexibility index (Phi) is 5.35. The number of Topliss-reactive ketones (excluding diaryl/α,β-unsaturated/α-hetero) is 1. The summed E-state index contributed by atoms with van der Waals surface area (Å²) in [6.45, 7) is -0.563. The number of hydrogen-bond donors (Lipinski definition) is 2. The highest BCUT2D eigenvalue weighted by Crippen LogP contribution is 2.41. The van der Waals surface area contributed by atoms with E-state index in [4.69, 9.17) is 0 Å². The molecule has 0 atom stereocenters. The number of halogens is 2. The number of aliphatic hydroxyl groups is 1. The van der Waals surface area contributed by atoms with Crippen LogP contribution in [0, 0.1) is 0 Å². The predicted octanol–water partition coefficient (Wildman–Crippen LogP) is 3.53. The Morgan fingerprint density at radius 2 is 1.65 bits per heavy atom. The largest absolute Gasteiger partial charge is 0.392 e. The van der Waals surface area contributed by atoms with E-state index in [-0.39, 0.29) is 19.4 Å². The lowest BCUT2D eigenvalue weighted by atomic mass is 9.80. The zero-order valence-corrected chi connectivity index (χ0v) is 16.7. The fourth-order valence-electron chi connectivity index (χ4n) is 4.21. The second-order valence-corrected chi connectivity index (χ2v) is 8.08. The Labute approximate surface area is 177 Å². The molecule has 8 heteroatoms. The summed E-state index contributed by atoms with van der Waals surface area (Å²) in [5.74, 6) is -3.88. The maximum Gasteiger partial charge on any atom is 0.325 e. The number of ketones is 1. The highest BCUT2D eigenvalue weighted by Gasteiger charge is 2.55. The Hall–Kier alpha value is -3.13. The molecule has 1 saturated heterocycles. The molecule has 2 aromatic carbocycles. The zero-order valence-electron chi connectivity index (χ0n) is 16.7. The first kappa shape index (κ1) is 21.1. The summed E-state index contributed by atoms with van der Waals surface area (Å²) in [4.78, 5) is 38.7. The monoisotopic (exact) mass is 428 g/mol. The number of carbonyl (C=O) groups excluding carboxylic acids is 3. The van der Waals surface area contributed by atoms with E-state index in [1.165, 1.54) is 0 Å². The third kappa shape index (κ3) is 3.95. The van der Waals surface area contributed by atoms with Crippen LogP contribution in [0.4, 0.5) is 13.6 Å². The highest BCUT2D eigenvalue weighted by atomic mass is 19.3. The molecule has 1 spiro atoms. The normalized spacial score (nSPS) is 19.5. The van der Waals surface area contributed by atoms with Crippen molar-refractivity contribution in [1.82, 2.24) is 10.2 Å². The Bertz CT molecular complexity index is 1030. The number of benzene rings is 2. The van der Waals surface area contributed by atoms with Crippen LogP contribution in [0.15, 0.2) is 48.5 Å². The molecule has 1 aliphatic carbocycles. The minimum Gasteiger partial charge on any atom is -0.392 e. The smallest absolute Gasteiger partial charge is 0.325 e. The van der Waals surface area contributed by atoms with Gasteiger partial charge in [-0.2, -0.15) is 0 Å². The van der Waals surface area contributed by atoms with Crippen molar-refractivity contribution in [2.75, 3.05) is 6.54 Å². The van der Waals surface area contributed by atoms with Crippen molar-refractivity contribution in [2.24, 2.45) is 0 Å². The number of nitrogens with zero attached hydrogens (tertiary/aromatic N) is 1. The average Bonchev–Trinajstić information content (AvgIpc) is 3.00. The molecule has 6 nitrogen and oxygen atoms in total. The van der Waals surface area contributed by atoms with Crippen molar-refractivity contribution < 1.29 is 28.3 Å². The van der Waals surface area contributed by atoms with Crippen molar-refractivity contribution in [1.29, 1.82) is 0 Å². The van der Waals surface area contributed by atoms with Crippen molar-refractivity contribution in [3.05, 3.63) is 59.7 Å². The first-order valence-corrected chi connectivity index (χ1v) is 10.1. The van der Waals surface area contributed by atoms with Crippen molar-refractivity contribution in [3.8, 4) is 11.1 Å². The molecule has 1 aliphatic heterocycles. The van der Waals surface area contributed by atoms with Gasteiger partial charge in [-0.25, -0.2) is 13.6 Å². The number of imide groups is 1. The standard InChI is InChI=1S/C23H22F2N2O4/c24-23(25)11-9-22(10-12-23)20(30)27(21(31)26-22)13-19(29)16-7-5-15(6-8-16)18-4-2-1-3-17(18)14-28/h1-8,28H,9-14H2,(H,26,31). The van der Waals surface area contributed by atoms with Crippen LogP contribution in [0.2, 0.25) is 0 Å². The second-order valence-electron chi connectivity index (χ2n) is 8.08. The summed E-state index contributed by atoms with van der Waals surface area (Å²) < 4.78 is 27.0. The first-order chi connectivity index (χ1) is 14.7. The zero-order chi connectivity index (χ0) is 22.2. The fraction of sp³-hybridized carbons (Fsp3) is 0.348. The molecule has 2 aromatic rings. The van der Waals surface area contributed by atoms with E-state index in [0.717, 1.165) is 21.6 Å². The van der Waals surface area contributed by atoms with Crippen molar-refractivity contribution >= 4 is 17.7 Å². The van der Waals surface area contributed by atoms with Gasteiger partial charge in [0, 0.05) is 18.4 Å². The maximum atomic E-state index is 13.5. The van der Waals surface area contributed by atoms with E-state index in [0.29, 0.717) is 5.56 Å². The summed E-state index contributed by atoms with van der Waals surface area (Å²) in [5, 5.41) is 12.0. The topological polar surface area (TPSA) is 86.7 Å². The molecule has 4 rings (SSSR count). The lowest BCUT2D eigenvalue weighted by Gasteiger charge is -2.34. The van der Waals surface area contributed by atoms with Gasteiger partial charge in [0.1, 0.15) is 5.54 Å². The summed E-state index contributed by atoms with van der Waals surface area (Å²) >= 11 is 0. The van der Waals surface area contributed by atoms with Gasteiger partial charge in [-0.15, -0.1) is 0 Å². The Morgan fingerprint density at radius 1 is 1.00 bits per heavy atom. The number of alkyl halides is 2. The minimum atomic E-state index is -2.84. The van der Waals surface area contributed by atoms with Crippen LogP contribution in [0.25, 0.3) is 11.1 Å². The van der Waals surface area contributed by atoms with Gasteiger partial charge in [0.2, 0.25) is 5.92 Å². The molecule has 0 radical (unpaired) electrons. The lowest BCUT2D eigenvalue weighted by Crippen LogP contribution is -2.51.